The molecular weight excluding hydrogens is 240 g/mol. The number of methoxy groups -OCH3 is 1. The number of ether oxygens (including phenoxy) is 1. The van der Waals surface area contributed by atoms with Crippen molar-refractivity contribution in [3.05, 3.63) is 71.8 Å². The van der Waals surface area contributed by atoms with Gasteiger partial charge in [-0.15, -0.1) is 0 Å². The van der Waals surface area contributed by atoms with E-state index >= 15 is 0 Å². The molecule has 0 saturated carbocycles. The van der Waals surface area contributed by atoms with E-state index in [0.29, 0.717) is 16.7 Å². The van der Waals surface area contributed by atoms with Crippen LogP contribution in [0.4, 0.5) is 0 Å². The zero-order valence-corrected chi connectivity index (χ0v) is 10.6. The summed E-state index contributed by atoms with van der Waals surface area (Å²) >= 11 is 0. The molecule has 3 nitrogen and oxygen atoms in total. The molecule has 19 heavy (non-hydrogen) atoms. The largest absolute Gasteiger partial charge is 0.508 e. The van der Waals surface area contributed by atoms with E-state index in [2.05, 4.69) is 6.58 Å². The summed E-state index contributed by atoms with van der Waals surface area (Å²) in [6.07, 6.45) is 0. The maximum atomic E-state index is 11.7. The van der Waals surface area contributed by atoms with Crippen LogP contribution in [-0.2, 0) is 4.74 Å². The maximum absolute atomic E-state index is 11.7. The molecule has 0 radical (unpaired) electrons. The first-order valence-corrected chi connectivity index (χ1v) is 5.79. The Balaban J connectivity index is 2.47. The molecule has 0 spiro atoms. The summed E-state index contributed by atoms with van der Waals surface area (Å²) in [5.41, 5.74) is 2.58. The van der Waals surface area contributed by atoms with Crippen LogP contribution < -0.4 is 0 Å². The molecule has 0 aliphatic heterocycles. The van der Waals surface area contributed by atoms with Crippen LogP contribution in [0.1, 0.15) is 21.5 Å². The summed E-state index contributed by atoms with van der Waals surface area (Å²) in [5.74, 6) is -0.244. The molecule has 0 saturated heterocycles. The molecular formula is C16H14O3. The van der Waals surface area contributed by atoms with E-state index in [9.17, 15) is 9.90 Å². The first kappa shape index (κ1) is 12.9. The lowest BCUT2D eigenvalue weighted by atomic mass is 9.95. The van der Waals surface area contributed by atoms with E-state index in [0.717, 1.165) is 5.56 Å². The van der Waals surface area contributed by atoms with E-state index in [1.807, 2.05) is 12.1 Å². The van der Waals surface area contributed by atoms with Crippen molar-refractivity contribution in [3.8, 4) is 5.75 Å². The lowest BCUT2D eigenvalue weighted by molar-refractivity contribution is 0.0600. The Morgan fingerprint density at radius 2 is 1.79 bits per heavy atom. The molecule has 0 aliphatic rings. The predicted molar refractivity (Wildman–Crippen MR) is 74.0 cm³/mol. The van der Waals surface area contributed by atoms with Crippen molar-refractivity contribution < 1.29 is 14.6 Å². The number of benzene rings is 2. The van der Waals surface area contributed by atoms with Gasteiger partial charge in [-0.05, 0) is 34.9 Å². The number of carbonyl (C=O) groups excluding carboxylic acids is 1. The first-order valence-electron chi connectivity index (χ1n) is 5.79. The minimum Gasteiger partial charge on any atom is -0.508 e. The minimum atomic E-state index is -0.406. The molecule has 3 heteroatoms. The van der Waals surface area contributed by atoms with Gasteiger partial charge < -0.3 is 9.84 Å². The summed E-state index contributed by atoms with van der Waals surface area (Å²) in [6, 6.07) is 13.8. The highest BCUT2D eigenvalue weighted by molar-refractivity contribution is 5.97. The van der Waals surface area contributed by atoms with Crippen molar-refractivity contribution in [1.82, 2.24) is 0 Å². The van der Waals surface area contributed by atoms with Crippen molar-refractivity contribution in [3.63, 3.8) is 0 Å². The van der Waals surface area contributed by atoms with E-state index in [-0.39, 0.29) is 5.75 Å². The zero-order chi connectivity index (χ0) is 13.8. The van der Waals surface area contributed by atoms with Gasteiger partial charge in [-0.2, -0.15) is 0 Å². The number of phenolic OH excluding ortho intramolecular Hbond substituents is 1. The predicted octanol–water partition coefficient (Wildman–Crippen LogP) is 3.24. The summed E-state index contributed by atoms with van der Waals surface area (Å²) in [4.78, 5) is 11.7. The molecule has 2 aromatic carbocycles. The van der Waals surface area contributed by atoms with Crippen molar-refractivity contribution in [2.24, 2.45) is 0 Å². The van der Waals surface area contributed by atoms with Crippen LogP contribution in [0.15, 0.2) is 55.1 Å². The van der Waals surface area contributed by atoms with Gasteiger partial charge in [0.05, 0.1) is 12.7 Å². The van der Waals surface area contributed by atoms with E-state index in [1.54, 1.807) is 36.4 Å². The highest BCUT2D eigenvalue weighted by atomic mass is 16.5. The number of phenols is 1. The Morgan fingerprint density at radius 3 is 2.42 bits per heavy atom. The molecule has 0 aliphatic carbocycles. The Labute approximate surface area is 111 Å². The Morgan fingerprint density at radius 1 is 1.11 bits per heavy atom. The minimum absolute atomic E-state index is 0.161. The van der Waals surface area contributed by atoms with Gasteiger partial charge in [-0.3, -0.25) is 0 Å². The van der Waals surface area contributed by atoms with E-state index in [4.69, 9.17) is 4.74 Å². The van der Waals surface area contributed by atoms with Crippen LogP contribution in [0.2, 0.25) is 0 Å². The third-order valence-electron chi connectivity index (χ3n) is 2.85. The number of esters is 1. The van der Waals surface area contributed by atoms with Crippen LogP contribution in [0.25, 0.3) is 5.57 Å². The SMILES string of the molecule is C=C(c1cccc(O)c1)c1ccccc1C(=O)OC. The number of rotatable bonds is 3. The van der Waals surface area contributed by atoms with Crippen LogP contribution in [0.3, 0.4) is 0 Å². The monoisotopic (exact) mass is 254 g/mol. The maximum Gasteiger partial charge on any atom is 0.338 e. The molecule has 96 valence electrons. The second kappa shape index (κ2) is 5.40. The van der Waals surface area contributed by atoms with Gasteiger partial charge in [0.1, 0.15) is 5.75 Å². The summed E-state index contributed by atoms with van der Waals surface area (Å²) < 4.78 is 4.76. The van der Waals surface area contributed by atoms with E-state index < -0.39 is 5.97 Å². The summed E-state index contributed by atoms with van der Waals surface area (Å²) in [5, 5.41) is 9.50. The highest BCUT2D eigenvalue weighted by Gasteiger charge is 2.14. The fraction of sp³-hybridized carbons (Fsp3) is 0.0625. The lowest BCUT2D eigenvalue weighted by Gasteiger charge is -2.11. The Hall–Kier alpha value is -2.55. The smallest absolute Gasteiger partial charge is 0.338 e. The molecule has 2 aromatic rings. The number of hydrogen-bond donors (Lipinski definition) is 1. The van der Waals surface area contributed by atoms with Crippen molar-refractivity contribution in [2.75, 3.05) is 7.11 Å². The number of aromatic hydroxyl groups is 1. The van der Waals surface area contributed by atoms with Crippen LogP contribution in [0, 0.1) is 0 Å². The molecule has 0 aromatic heterocycles. The fourth-order valence-corrected chi connectivity index (χ4v) is 1.88. The quantitative estimate of drug-likeness (QED) is 0.855. The number of carbonyl (C=O) groups is 1. The third kappa shape index (κ3) is 2.65. The molecule has 2 rings (SSSR count). The standard InChI is InChI=1S/C16H14O3/c1-11(12-6-5-7-13(17)10-12)14-8-3-4-9-15(14)16(18)19-2/h3-10,17H,1H2,2H3. The second-order valence-electron chi connectivity index (χ2n) is 4.07. The van der Waals surface area contributed by atoms with Crippen molar-refractivity contribution in [2.45, 2.75) is 0 Å². The normalized spacial score (nSPS) is 9.95. The van der Waals surface area contributed by atoms with Gasteiger partial charge in [-0.1, -0.05) is 36.9 Å². The number of hydrogen-bond acceptors (Lipinski definition) is 3. The zero-order valence-electron chi connectivity index (χ0n) is 10.6. The highest BCUT2D eigenvalue weighted by Crippen LogP contribution is 2.27. The average Bonchev–Trinajstić information content (AvgIpc) is 2.45. The van der Waals surface area contributed by atoms with Gasteiger partial charge in [0.25, 0.3) is 0 Å². The van der Waals surface area contributed by atoms with E-state index in [1.165, 1.54) is 7.11 Å². The van der Waals surface area contributed by atoms with Crippen molar-refractivity contribution in [1.29, 1.82) is 0 Å². The van der Waals surface area contributed by atoms with Gasteiger partial charge in [0.2, 0.25) is 0 Å². The fourth-order valence-electron chi connectivity index (χ4n) is 1.88. The van der Waals surface area contributed by atoms with Gasteiger partial charge in [-0.25, -0.2) is 4.79 Å². The van der Waals surface area contributed by atoms with Crippen LogP contribution >= 0.6 is 0 Å². The second-order valence-corrected chi connectivity index (χ2v) is 4.07. The molecule has 0 atom stereocenters. The molecule has 1 N–H and O–H groups in total. The Kier molecular flexibility index (Phi) is 3.66. The lowest BCUT2D eigenvalue weighted by Crippen LogP contribution is -2.05. The summed E-state index contributed by atoms with van der Waals surface area (Å²) in [6.45, 7) is 3.99. The molecule has 0 fully saturated rings. The molecule has 0 heterocycles. The Bertz CT molecular complexity index is 629. The molecule has 0 unspecified atom stereocenters. The average molecular weight is 254 g/mol. The van der Waals surface area contributed by atoms with Gasteiger partial charge >= 0.3 is 5.97 Å². The van der Waals surface area contributed by atoms with Crippen molar-refractivity contribution >= 4 is 11.5 Å². The first-order chi connectivity index (χ1) is 9.13. The molecule has 0 bridgehead atoms. The van der Waals surface area contributed by atoms with Crippen LogP contribution in [0.5, 0.6) is 5.75 Å². The third-order valence-corrected chi connectivity index (χ3v) is 2.85. The van der Waals surface area contributed by atoms with Gasteiger partial charge in [0.15, 0.2) is 0 Å². The van der Waals surface area contributed by atoms with Gasteiger partial charge in [0, 0.05) is 0 Å². The topological polar surface area (TPSA) is 46.5 Å². The molecule has 0 amide bonds. The summed E-state index contributed by atoms with van der Waals surface area (Å²) in [7, 11) is 1.34. The van der Waals surface area contributed by atoms with Crippen LogP contribution in [-0.4, -0.2) is 18.2 Å².